The number of aliphatic hydroxyl groups excluding tert-OH is 2. The summed E-state index contributed by atoms with van der Waals surface area (Å²) in [6.45, 7) is 2.16. The van der Waals surface area contributed by atoms with Crippen molar-refractivity contribution in [1.29, 1.82) is 0 Å². The fourth-order valence-corrected chi connectivity index (χ4v) is 6.60. The Hall–Kier alpha value is -1.77. The second kappa shape index (κ2) is 8.53. The SMILES string of the molecule is O=S1(=O)CC2C(C1)N(CC(O)c1ccccc1)CCN2CC(O)c1ccccc1. The maximum atomic E-state index is 12.4. The van der Waals surface area contributed by atoms with Gasteiger partial charge in [0.05, 0.1) is 23.7 Å². The van der Waals surface area contributed by atoms with Crippen LogP contribution in [0, 0.1) is 0 Å². The number of nitrogens with zero attached hydrogens (tertiary/aromatic N) is 2. The van der Waals surface area contributed by atoms with Crippen LogP contribution in [0.4, 0.5) is 0 Å². The Morgan fingerprint density at radius 3 is 1.52 bits per heavy atom. The van der Waals surface area contributed by atoms with Gasteiger partial charge in [0.1, 0.15) is 0 Å². The molecule has 7 heteroatoms. The Bertz CT molecular complexity index is 837. The van der Waals surface area contributed by atoms with Gasteiger partial charge in [-0.25, -0.2) is 8.42 Å². The van der Waals surface area contributed by atoms with Crippen molar-refractivity contribution in [1.82, 2.24) is 9.80 Å². The van der Waals surface area contributed by atoms with Gasteiger partial charge in [-0.2, -0.15) is 0 Å². The maximum Gasteiger partial charge on any atom is 0.153 e. The van der Waals surface area contributed by atoms with E-state index in [0.717, 1.165) is 11.1 Å². The van der Waals surface area contributed by atoms with Crippen molar-refractivity contribution >= 4 is 9.84 Å². The summed E-state index contributed by atoms with van der Waals surface area (Å²) in [6, 6.07) is 18.6. The number of benzene rings is 2. The molecule has 0 bridgehead atoms. The molecule has 0 spiro atoms. The molecule has 4 atom stereocenters. The summed E-state index contributed by atoms with van der Waals surface area (Å²) in [5, 5.41) is 21.3. The molecule has 2 aliphatic rings. The fourth-order valence-electron chi connectivity index (χ4n) is 4.56. The summed E-state index contributed by atoms with van der Waals surface area (Å²) in [5.74, 6) is 0.216. The average molecular weight is 417 g/mol. The van der Waals surface area contributed by atoms with Gasteiger partial charge in [-0.05, 0) is 11.1 Å². The maximum absolute atomic E-state index is 12.4. The summed E-state index contributed by atoms with van der Waals surface area (Å²) in [4.78, 5) is 4.22. The molecule has 2 aliphatic heterocycles. The number of β-amino-alcohol motifs (C(OH)–C–C–N with tert-alkyl or cyclic N) is 2. The highest BCUT2D eigenvalue weighted by atomic mass is 32.2. The van der Waals surface area contributed by atoms with Crippen LogP contribution < -0.4 is 0 Å². The third-order valence-electron chi connectivity index (χ3n) is 6.09. The molecule has 6 nitrogen and oxygen atoms in total. The van der Waals surface area contributed by atoms with Gasteiger partial charge >= 0.3 is 0 Å². The highest BCUT2D eigenvalue weighted by Gasteiger charge is 2.47. The summed E-state index contributed by atoms with van der Waals surface area (Å²) >= 11 is 0. The zero-order chi connectivity index (χ0) is 20.4. The Balaban J connectivity index is 1.47. The minimum atomic E-state index is -3.14. The first-order valence-corrected chi connectivity index (χ1v) is 11.9. The first-order valence-electron chi connectivity index (χ1n) is 10.1. The van der Waals surface area contributed by atoms with Gasteiger partial charge in [-0.15, -0.1) is 0 Å². The van der Waals surface area contributed by atoms with E-state index < -0.39 is 22.0 Å². The van der Waals surface area contributed by atoms with Crippen LogP contribution in [0.2, 0.25) is 0 Å². The minimum Gasteiger partial charge on any atom is -0.387 e. The second-order valence-corrected chi connectivity index (χ2v) is 10.2. The van der Waals surface area contributed by atoms with Gasteiger partial charge in [-0.1, -0.05) is 60.7 Å². The molecule has 2 aromatic rings. The van der Waals surface area contributed by atoms with E-state index in [1.807, 2.05) is 60.7 Å². The predicted molar refractivity (Wildman–Crippen MR) is 112 cm³/mol. The molecule has 2 N–H and O–H groups in total. The Kier molecular flexibility index (Phi) is 6.03. The standard InChI is InChI=1S/C22H28N2O4S/c25-21(17-7-3-1-4-8-17)13-23-11-12-24(20-16-29(27,28)15-19(20)23)14-22(26)18-9-5-2-6-10-18/h1-10,19-22,25-26H,11-16H2. The van der Waals surface area contributed by atoms with Crippen LogP contribution in [-0.4, -0.2) is 78.2 Å². The van der Waals surface area contributed by atoms with Crippen LogP contribution in [0.3, 0.4) is 0 Å². The number of piperazine rings is 1. The smallest absolute Gasteiger partial charge is 0.153 e. The van der Waals surface area contributed by atoms with Crippen molar-refractivity contribution in [2.24, 2.45) is 0 Å². The quantitative estimate of drug-likeness (QED) is 0.738. The predicted octanol–water partition coefficient (Wildman–Crippen LogP) is 1.24. The molecule has 0 aromatic heterocycles. The molecule has 2 heterocycles. The highest BCUT2D eigenvalue weighted by Crippen LogP contribution is 2.30. The lowest BCUT2D eigenvalue weighted by atomic mass is 10.0. The second-order valence-electron chi connectivity index (χ2n) is 8.05. The van der Waals surface area contributed by atoms with Gasteiger partial charge in [-0.3, -0.25) is 9.80 Å². The topological polar surface area (TPSA) is 81.1 Å². The van der Waals surface area contributed by atoms with Crippen molar-refractivity contribution in [3.63, 3.8) is 0 Å². The molecule has 2 saturated heterocycles. The lowest BCUT2D eigenvalue weighted by Crippen LogP contribution is -2.60. The number of sulfone groups is 1. The molecule has 4 rings (SSSR count). The van der Waals surface area contributed by atoms with E-state index in [1.165, 1.54) is 0 Å². The van der Waals surface area contributed by atoms with Crippen LogP contribution >= 0.6 is 0 Å². The van der Waals surface area contributed by atoms with E-state index in [-0.39, 0.29) is 23.6 Å². The lowest BCUT2D eigenvalue weighted by Gasteiger charge is -2.45. The monoisotopic (exact) mass is 416 g/mol. The van der Waals surface area contributed by atoms with Gasteiger partial charge in [0, 0.05) is 38.3 Å². The molecule has 0 radical (unpaired) electrons. The average Bonchev–Trinajstić information content (AvgIpc) is 3.07. The summed E-state index contributed by atoms with van der Waals surface area (Å²) in [6.07, 6.45) is -1.30. The van der Waals surface area contributed by atoms with Gasteiger partial charge < -0.3 is 10.2 Å². The first-order chi connectivity index (χ1) is 13.9. The van der Waals surface area contributed by atoms with Gasteiger partial charge in [0.15, 0.2) is 9.84 Å². The molecular weight excluding hydrogens is 388 g/mol. The minimum absolute atomic E-state index is 0.108. The van der Waals surface area contributed by atoms with E-state index in [1.54, 1.807) is 0 Å². The van der Waals surface area contributed by atoms with Crippen LogP contribution in [0.5, 0.6) is 0 Å². The largest absolute Gasteiger partial charge is 0.387 e. The van der Waals surface area contributed by atoms with Crippen molar-refractivity contribution in [3.05, 3.63) is 71.8 Å². The number of hydrogen-bond acceptors (Lipinski definition) is 6. The molecule has 156 valence electrons. The van der Waals surface area contributed by atoms with Crippen LogP contribution in [-0.2, 0) is 9.84 Å². The normalized spacial score (nSPS) is 26.7. The van der Waals surface area contributed by atoms with E-state index in [9.17, 15) is 18.6 Å². The molecule has 2 aromatic carbocycles. The summed E-state index contributed by atoms with van der Waals surface area (Å²) < 4.78 is 24.8. The third-order valence-corrected chi connectivity index (χ3v) is 7.79. The van der Waals surface area contributed by atoms with E-state index in [4.69, 9.17) is 0 Å². The Morgan fingerprint density at radius 1 is 0.759 bits per heavy atom. The highest BCUT2D eigenvalue weighted by molar-refractivity contribution is 7.91. The molecule has 0 saturated carbocycles. The molecule has 0 amide bonds. The van der Waals surface area contributed by atoms with Crippen molar-refractivity contribution < 1.29 is 18.6 Å². The first kappa shape index (κ1) is 20.5. The number of fused-ring (bicyclic) bond motifs is 1. The van der Waals surface area contributed by atoms with Gasteiger partial charge in [0.25, 0.3) is 0 Å². The van der Waals surface area contributed by atoms with Crippen LogP contribution in [0.15, 0.2) is 60.7 Å². The van der Waals surface area contributed by atoms with Crippen molar-refractivity contribution in [3.8, 4) is 0 Å². The zero-order valence-electron chi connectivity index (χ0n) is 16.3. The molecular formula is C22H28N2O4S. The van der Waals surface area contributed by atoms with Crippen molar-refractivity contribution in [2.75, 3.05) is 37.7 Å². The third kappa shape index (κ3) is 4.70. The number of aliphatic hydroxyl groups is 2. The lowest BCUT2D eigenvalue weighted by molar-refractivity contribution is -0.00551. The van der Waals surface area contributed by atoms with E-state index in [2.05, 4.69) is 9.80 Å². The fraction of sp³-hybridized carbons (Fsp3) is 0.455. The van der Waals surface area contributed by atoms with Crippen LogP contribution in [0.25, 0.3) is 0 Å². The number of rotatable bonds is 6. The van der Waals surface area contributed by atoms with E-state index >= 15 is 0 Å². The Morgan fingerprint density at radius 2 is 1.14 bits per heavy atom. The molecule has 0 aliphatic carbocycles. The Labute approximate surface area is 172 Å². The summed E-state index contributed by atoms with van der Waals surface area (Å²) in [7, 11) is -3.14. The van der Waals surface area contributed by atoms with Crippen LogP contribution in [0.1, 0.15) is 23.3 Å². The number of hydrogen-bond donors (Lipinski definition) is 2. The zero-order valence-corrected chi connectivity index (χ0v) is 17.2. The molecule has 2 fully saturated rings. The van der Waals surface area contributed by atoms with Gasteiger partial charge in [0.2, 0.25) is 0 Å². The molecule has 4 unspecified atom stereocenters. The van der Waals surface area contributed by atoms with Crippen molar-refractivity contribution in [2.45, 2.75) is 24.3 Å². The molecule has 29 heavy (non-hydrogen) atoms. The summed E-state index contributed by atoms with van der Waals surface area (Å²) in [5.41, 5.74) is 1.68. The van der Waals surface area contributed by atoms with E-state index in [0.29, 0.717) is 26.2 Å².